The van der Waals surface area contributed by atoms with Crippen LogP contribution in [0.2, 0.25) is 0 Å². The second-order valence-electron chi connectivity index (χ2n) is 2.94. The molecule has 0 aromatic heterocycles. The second-order valence-corrected chi connectivity index (χ2v) is 2.94. The quantitative estimate of drug-likeness (QED) is 0.661. The Hall–Kier alpha value is -1.98. The van der Waals surface area contributed by atoms with Gasteiger partial charge in [0, 0.05) is 12.0 Å². The van der Waals surface area contributed by atoms with Gasteiger partial charge in [0.25, 0.3) is 0 Å². The van der Waals surface area contributed by atoms with Crippen molar-refractivity contribution < 1.29 is 29.6 Å². The molecule has 1 heterocycles. The number of carboxylic acid groups (broad SMARTS) is 2. The number of carbonyl (C=O) groups is 2. The van der Waals surface area contributed by atoms with Crippen molar-refractivity contribution in [1.82, 2.24) is 0 Å². The molecule has 0 bridgehead atoms. The maximum atomic E-state index is 10.8. The van der Waals surface area contributed by atoms with Gasteiger partial charge < -0.3 is 10.2 Å². The van der Waals surface area contributed by atoms with Gasteiger partial charge in [0.1, 0.15) is 12.5 Å². The topological polar surface area (TPSA) is 93.1 Å². The molecule has 82 valence electrons. The van der Waals surface area contributed by atoms with Gasteiger partial charge in [0.15, 0.2) is 0 Å². The van der Waals surface area contributed by atoms with Crippen LogP contribution in [0.4, 0.5) is 0 Å². The molecular weight excluding hydrogens is 204 g/mol. The molecule has 1 atom stereocenters. The van der Waals surface area contributed by atoms with E-state index >= 15 is 0 Å². The highest BCUT2D eigenvalue weighted by Gasteiger charge is 2.23. The molecule has 0 saturated carbocycles. The van der Waals surface area contributed by atoms with Crippen LogP contribution in [0.25, 0.3) is 0 Å². The van der Waals surface area contributed by atoms with Gasteiger partial charge in [-0.15, -0.1) is 0 Å². The summed E-state index contributed by atoms with van der Waals surface area (Å²) in [6.45, 7) is 0. The Bertz CT molecular complexity index is 317. The number of carboxylic acids is 2. The van der Waals surface area contributed by atoms with E-state index in [1.807, 2.05) is 0 Å². The highest BCUT2D eigenvalue weighted by molar-refractivity contribution is 5.75. The van der Waals surface area contributed by atoms with E-state index < -0.39 is 17.9 Å². The zero-order valence-electron chi connectivity index (χ0n) is 7.75. The van der Waals surface area contributed by atoms with Crippen LogP contribution < -0.4 is 0 Å². The summed E-state index contributed by atoms with van der Waals surface area (Å²) in [7, 11) is 0. The Kier molecular flexibility index (Phi) is 3.73. The van der Waals surface area contributed by atoms with Crippen molar-refractivity contribution in [2.75, 3.05) is 0 Å². The molecule has 0 aliphatic carbocycles. The van der Waals surface area contributed by atoms with E-state index in [1.54, 1.807) is 0 Å². The van der Waals surface area contributed by atoms with E-state index in [4.69, 9.17) is 10.2 Å². The van der Waals surface area contributed by atoms with Crippen LogP contribution in [0.5, 0.6) is 0 Å². The van der Waals surface area contributed by atoms with Crippen LogP contribution in [0.1, 0.15) is 12.8 Å². The molecule has 1 aliphatic heterocycles. The first-order chi connectivity index (χ1) is 7.11. The summed E-state index contributed by atoms with van der Waals surface area (Å²) in [5, 5.41) is 17.3. The molecule has 0 fully saturated rings. The molecule has 0 aromatic rings. The zero-order valence-corrected chi connectivity index (χ0v) is 7.75. The summed E-state index contributed by atoms with van der Waals surface area (Å²) in [6.07, 6.45) is 3.60. The van der Waals surface area contributed by atoms with Crippen LogP contribution in [0, 0.1) is 5.92 Å². The van der Waals surface area contributed by atoms with Gasteiger partial charge in [-0.1, -0.05) is 0 Å². The maximum absolute atomic E-state index is 10.8. The lowest BCUT2D eigenvalue weighted by Crippen LogP contribution is -2.18. The Morgan fingerprint density at radius 3 is 2.53 bits per heavy atom. The summed E-state index contributed by atoms with van der Waals surface area (Å²) >= 11 is 0. The van der Waals surface area contributed by atoms with Crippen molar-refractivity contribution >= 4 is 11.9 Å². The van der Waals surface area contributed by atoms with Crippen molar-refractivity contribution in [2.45, 2.75) is 12.8 Å². The highest BCUT2D eigenvalue weighted by atomic mass is 17.2. The summed E-state index contributed by atoms with van der Waals surface area (Å²) in [5.74, 6) is -3.00. The molecule has 0 spiro atoms. The SMILES string of the molecule is O=C(O)CCC(C(=O)O)C1=COOC=C1. The lowest BCUT2D eigenvalue weighted by atomic mass is 9.95. The maximum Gasteiger partial charge on any atom is 0.311 e. The number of allylic oxidation sites excluding steroid dienone is 1. The normalized spacial score (nSPS) is 15.9. The number of aliphatic carboxylic acids is 2. The van der Waals surface area contributed by atoms with Crippen molar-refractivity contribution in [2.24, 2.45) is 5.92 Å². The molecule has 6 nitrogen and oxygen atoms in total. The summed E-state index contributed by atoms with van der Waals surface area (Å²) in [6, 6.07) is 0. The van der Waals surface area contributed by atoms with E-state index in [0.717, 1.165) is 6.26 Å². The van der Waals surface area contributed by atoms with Gasteiger partial charge >= 0.3 is 11.9 Å². The third-order valence-corrected chi connectivity index (χ3v) is 1.90. The van der Waals surface area contributed by atoms with Crippen molar-refractivity contribution in [3.63, 3.8) is 0 Å². The molecule has 15 heavy (non-hydrogen) atoms. The molecular formula is C9H10O6. The van der Waals surface area contributed by atoms with E-state index in [1.165, 1.54) is 12.3 Å². The van der Waals surface area contributed by atoms with Crippen LogP contribution >= 0.6 is 0 Å². The number of hydrogen-bond acceptors (Lipinski definition) is 4. The molecule has 1 rings (SSSR count). The molecule has 2 N–H and O–H groups in total. The zero-order chi connectivity index (χ0) is 11.3. The molecule has 0 amide bonds. The van der Waals surface area contributed by atoms with E-state index in [2.05, 4.69) is 9.78 Å². The minimum atomic E-state index is -1.09. The van der Waals surface area contributed by atoms with Gasteiger partial charge in [-0.05, 0) is 12.5 Å². The largest absolute Gasteiger partial charge is 0.481 e. The fourth-order valence-electron chi connectivity index (χ4n) is 1.16. The van der Waals surface area contributed by atoms with E-state index in [0.29, 0.717) is 5.57 Å². The lowest BCUT2D eigenvalue weighted by Gasteiger charge is -2.14. The Morgan fingerprint density at radius 1 is 1.33 bits per heavy atom. The molecule has 1 aliphatic rings. The fraction of sp³-hybridized carbons (Fsp3) is 0.333. The van der Waals surface area contributed by atoms with Crippen LogP contribution in [0.3, 0.4) is 0 Å². The minimum absolute atomic E-state index is 0.0181. The van der Waals surface area contributed by atoms with Crippen LogP contribution in [-0.4, -0.2) is 22.2 Å². The van der Waals surface area contributed by atoms with Crippen molar-refractivity contribution in [1.29, 1.82) is 0 Å². The molecule has 6 heteroatoms. The predicted molar refractivity (Wildman–Crippen MR) is 47.4 cm³/mol. The minimum Gasteiger partial charge on any atom is -0.481 e. The van der Waals surface area contributed by atoms with Crippen molar-refractivity contribution in [3.05, 3.63) is 24.2 Å². The average molecular weight is 214 g/mol. The Balaban J connectivity index is 2.65. The molecule has 0 radical (unpaired) electrons. The number of rotatable bonds is 5. The van der Waals surface area contributed by atoms with Crippen LogP contribution in [-0.2, 0) is 19.4 Å². The summed E-state index contributed by atoms with van der Waals surface area (Å²) in [4.78, 5) is 30.0. The molecule has 1 unspecified atom stereocenters. The fourth-order valence-corrected chi connectivity index (χ4v) is 1.16. The van der Waals surface area contributed by atoms with Gasteiger partial charge in [-0.25, -0.2) is 0 Å². The molecule has 0 aromatic carbocycles. The summed E-state index contributed by atoms with van der Waals surface area (Å²) < 4.78 is 0. The van der Waals surface area contributed by atoms with Gasteiger partial charge in [-0.3, -0.25) is 19.4 Å². The first kappa shape index (κ1) is 11.1. The van der Waals surface area contributed by atoms with E-state index in [-0.39, 0.29) is 12.8 Å². The van der Waals surface area contributed by atoms with Crippen molar-refractivity contribution in [3.8, 4) is 0 Å². The number of hydrogen-bond donors (Lipinski definition) is 2. The lowest BCUT2D eigenvalue weighted by molar-refractivity contribution is -0.200. The van der Waals surface area contributed by atoms with Gasteiger partial charge in [-0.2, -0.15) is 0 Å². The van der Waals surface area contributed by atoms with Gasteiger partial charge in [0.2, 0.25) is 0 Å². The first-order valence-corrected chi connectivity index (χ1v) is 4.24. The van der Waals surface area contributed by atoms with E-state index in [9.17, 15) is 9.59 Å². The monoisotopic (exact) mass is 214 g/mol. The summed E-state index contributed by atoms with van der Waals surface area (Å²) in [5.41, 5.74) is 0.384. The smallest absolute Gasteiger partial charge is 0.311 e. The third-order valence-electron chi connectivity index (χ3n) is 1.90. The predicted octanol–water partition coefficient (Wildman–Crippen LogP) is 0.911. The highest BCUT2D eigenvalue weighted by Crippen LogP contribution is 2.21. The standard InChI is InChI=1S/C9H10O6/c10-8(11)2-1-7(9(12)13)6-3-4-14-15-5-6/h3-5,7H,1-2H2,(H,10,11)(H,12,13). The van der Waals surface area contributed by atoms with Crippen LogP contribution in [0.15, 0.2) is 24.2 Å². The molecule has 0 saturated heterocycles. The first-order valence-electron chi connectivity index (χ1n) is 4.24. The third kappa shape index (κ3) is 3.34. The Labute approximate surface area is 85.3 Å². The van der Waals surface area contributed by atoms with Gasteiger partial charge in [0.05, 0.1) is 5.92 Å². The average Bonchev–Trinajstić information content (AvgIpc) is 2.18. The Morgan fingerprint density at radius 2 is 2.07 bits per heavy atom. The second kappa shape index (κ2) is 5.04.